The third kappa shape index (κ3) is 4.91. The van der Waals surface area contributed by atoms with Gasteiger partial charge in [0.1, 0.15) is 12.2 Å². The number of anilines is 1. The average molecular weight is 428 g/mol. The summed E-state index contributed by atoms with van der Waals surface area (Å²) in [7, 11) is 2.99. The van der Waals surface area contributed by atoms with Gasteiger partial charge in [0.2, 0.25) is 6.23 Å². The quantitative estimate of drug-likeness (QED) is 0.576. The largest absolute Gasteiger partial charge is 0.493 e. The van der Waals surface area contributed by atoms with E-state index in [0.29, 0.717) is 47.0 Å². The van der Waals surface area contributed by atoms with Gasteiger partial charge < -0.3 is 29.2 Å². The van der Waals surface area contributed by atoms with Crippen molar-refractivity contribution in [3.8, 4) is 11.5 Å². The van der Waals surface area contributed by atoms with Crippen LogP contribution in [-0.4, -0.2) is 57.3 Å². The molecule has 0 fully saturated rings. The van der Waals surface area contributed by atoms with Crippen molar-refractivity contribution < 1.29 is 28.5 Å². The van der Waals surface area contributed by atoms with Crippen molar-refractivity contribution in [2.24, 2.45) is 0 Å². The Labute approximate surface area is 182 Å². The van der Waals surface area contributed by atoms with Crippen LogP contribution in [-0.2, 0) is 9.47 Å². The Morgan fingerprint density at radius 3 is 2.39 bits per heavy atom. The summed E-state index contributed by atoms with van der Waals surface area (Å²) < 4.78 is 21.4. The SMILES string of the molecule is CCN(CC)CCOC(=O)c1ccc(NC2OC(=O)c3c2ccc(OC)c3OC)cc1. The van der Waals surface area contributed by atoms with Crippen molar-refractivity contribution in [3.05, 3.63) is 53.1 Å². The van der Waals surface area contributed by atoms with Crippen LogP contribution in [0.15, 0.2) is 36.4 Å². The lowest BCUT2D eigenvalue weighted by Crippen LogP contribution is -2.27. The van der Waals surface area contributed by atoms with Crippen LogP contribution < -0.4 is 14.8 Å². The lowest BCUT2D eigenvalue weighted by molar-refractivity contribution is 0.0433. The predicted molar refractivity (Wildman–Crippen MR) is 116 cm³/mol. The molecule has 1 heterocycles. The number of likely N-dealkylation sites (N-methyl/N-ethyl adjacent to an activating group) is 1. The van der Waals surface area contributed by atoms with Crippen LogP contribution in [0.5, 0.6) is 11.5 Å². The van der Waals surface area contributed by atoms with Gasteiger partial charge in [0, 0.05) is 17.8 Å². The number of cyclic esters (lactones) is 1. The maximum absolute atomic E-state index is 12.4. The molecule has 3 rings (SSSR count). The first kappa shape index (κ1) is 22.4. The molecule has 0 aliphatic carbocycles. The van der Waals surface area contributed by atoms with Crippen LogP contribution in [0.2, 0.25) is 0 Å². The molecule has 0 radical (unpaired) electrons. The first-order chi connectivity index (χ1) is 15.0. The van der Waals surface area contributed by atoms with E-state index in [1.807, 2.05) is 0 Å². The fourth-order valence-electron chi connectivity index (χ4n) is 3.45. The number of methoxy groups -OCH3 is 2. The molecule has 8 heteroatoms. The van der Waals surface area contributed by atoms with Crippen LogP contribution in [0.3, 0.4) is 0 Å². The van der Waals surface area contributed by atoms with Gasteiger partial charge in [-0.1, -0.05) is 13.8 Å². The van der Waals surface area contributed by atoms with Crippen molar-refractivity contribution in [1.82, 2.24) is 4.90 Å². The normalized spacial score (nSPS) is 14.7. The highest BCUT2D eigenvalue weighted by Gasteiger charge is 2.35. The lowest BCUT2D eigenvalue weighted by atomic mass is 10.1. The molecule has 1 aliphatic rings. The van der Waals surface area contributed by atoms with Gasteiger partial charge in [-0.3, -0.25) is 0 Å². The first-order valence-corrected chi connectivity index (χ1v) is 10.2. The third-order valence-corrected chi connectivity index (χ3v) is 5.24. The van der Waals surface area contributed by atoms with Crippen LogP contribution >= 0.6 is 0 Å². The number of esters is 2. The van der Waals surface area contributed by atoms with E-state index in [-0.39, 0.29) is 5.97 Å². The molecular weight excluding hydrogens is 400 g/mol. The lowest BCUT2D eigenvalue weighted by Gasteiger charge is -2.17. The zero-order valence-electron chi connectivity index (χ0n) is 18.3. The van der Waals surface area contributed by atoms with Gasteiger partial charge in [-0.15, -0.1) is 0 Å². The highest BCUT2D eigenvalue weighted by molar-refractivity contribution is 5.98. The minimum Gasteiger partial charge on any atom is -0.493 e. The maximum Gasteiger partial charge on any atom is 0.344 e. The van der Waals surface area contributed by atoms with E-state index < -0.39 is 12.2 Å². The molecule has 1 atom stereocenters. The average Bonchev–Trinajstić information content (AvgIpc) is 3.11. The monoisotopic (exact) mass is 428 g/mol. The van der Waals surface area contributed by atoms with E-state index >= 15 is 0 Å². The number of nitrogens with one attached hydrogen (secondary N) is 1. The van der Waals surface area contributed by atoms with E-state index in [0.717, 1.165) is 13.1 Å². The predicted octanol–water partition coefficient (Wildman–Crippen LogP) is 3.48. The highest BCUT2D eigenvalue weighted by atomic mass is 16.6. The van der Waals surface area contributed by atoms with Crippen molar-refractivity contribution in [2.75, 3.05) is 45.8 Å². The molecule has 2 aromatic carbocycles. The number of ether oxygens (including phenoxy) is 4. The number of fused-ring (bicyclic) bond motifs is 1. The molecule has 0 saturated heterocycles. The fraction of sp³-hybridized carbons (Fsp3) is 0.391. The van der Waals surface area contributed by atoms with Crippen LogP contribution in [0.1, 0.15) is 46.4 Å². The van der Waals surface area contributed by atoms with Crippen LogP contribution in [0.25, 0.3) is 0 Å². The Kier molecular flexibility index (Phi) is 7.36. The standard InChI is InChI=1S/C23H28N2O6/c1-5-25(6-2)13-14-30-22(26)15-7-9-16(10-8-15)24-21-17-11-12-18(28-3)20(29-4)19(17)23(27)31-21/h7-12,21,24H,5-6,13-14H2,1-4H3. The van der Waals surface area contributed by atoms with E-state index in [1.54, 1.807) is 36.4 Å². The maximum atomic E-state index is 12.4. The van der Waals surface area contributed by atoms with Crippen molar-refractivity contribution in [2.45, 2.75) is 20.1 Å². The van der Waals surface area contributed by atoms with Crippen molar-refractivity contribution in [3.63, 3.8) is 0 Å². The molecule has 0 amide bonds. The summed E-state index contributed by atoms with van der Waals surface area (Å²) in [5.41, 5.74) is 2.15. The van der Waals surface area contributed by atoms with Gasteiger partial charge in [0.05, 0.1) is 19.8 Å². The molecule has 0 spiro atoms. The molecule has 2 aromatic rings. The van der Waals surface area contributed by atoms with Gasteiger partial charge >= 0.3 is 11.9 Å². The Morgan fingerprint density at radius 1 is 1.06 bits per heavy atom. The Morgan fingerprint density at radius 2 is 1.77 bits per heavy atom. The number of rotatable bonds is 10. The van der Waals surface area contributed by atoms with Gasteiger partial charge in [-0.25, -0.2) is 9.59 Å². The molecule has 8 nitrogen and oxygen atoms in total. The minimum absolute atomic E-state index is 0.341. The molecule has 0 bridgehead atoms. The topological polar surface area (TPSA) is 86.3 Å². The molecule has 1 N–H and O–H groups in total. The van der Waals surface area contributed by atoms with Gasteiger partial charge in [-0.05, 0) is 49.5 Å². The number of hydrogen-bond acceptors (Lipinski definition) is 8. The van der Waals surface area contributed by atoms with E-state index in [9.17, 15) is 9.59 Å². The number of benzene rings is 2. The molecular formula is C23H28N2O6. The summed E-state index contributed by atoms with van der Waals surface area (Å²) in [6.45, 7) is 7.04. The molecule has 0 saturated carbocycles. The summed E-state index contributed by atoms with van der Waals surface area (Å²) in [4.78, 5) is 26.8. The second kappa shape index (κ2) is 10.2. The summed E-state index contributed by atoms with van der Waals surface area (Å²) >= 11 is 0. The zero-order chi connectivity index (χ0) is 22.4. The number of carbonyl (C=O) groups excluding carboxylic acids is 2. The summed E-state index contributed by atoms with van der Waals surface area (Å²) in [6.07, 6.45) is -0.672. The van der Waals surface area contributed by atoms with Gasteiger partial charge in [0.15, 0.2) is 11.5 Å². The van der Waals surface area contributed by atoms with Gasteiger partial charge in [-0.2, -0.15) is 0 Å². The molecule has 1 unspecified atom stereocenters. The third-order valence-electron chi connectivity index (χ3n) is 5.24. The Balaban J connectivity index is 1.65. The highest BCUT2D eigenvalue weighted by Crippen LogP contribution is 2.42. The molecule has 166 valence electrons. The van der Waals surface area contributed by atoms with Gasteiger partial charge in [0.25, 0.3) is 0 Å². The first-order valence-electron chi connectivity index (χ1n) is 10.2. The van der Waals surface area contributed by atoms with Crippen molar-refractivity contribution in [1.29, 1.82) is 0 Å². The Hall–Kier alpha value is -3.26. The summed E-state index contributed by atoms with van der Waals surface area (Å²) in [6, 6.07) is 10.3. The molecule has 31 heavy (non-hydrogen) atoms. The number of carbonyl (C=O) groups is 2. The smallest absolute Gasteiger partial charge is 0.344 e. The fourth-order valence-corrected chi connectivity index (χ4v) is 3.45. The summed E-state index contributed by atoms with van der Waals surface area (Å²) in [5.74, 6) is -0.0513. The second-order valence-corrected chi connectivity index (χ2v) is 6.94. The number of nitrogens with zero attached hydrogens (tertiary/aromatic N) is 1. The van der Waals surface area contributed by atoms with Crippen LogP contribution in [0, 0.1) is 0 Å². The van der Waals surface area contributed by atoms with E-state index in [1.165, 1.54) is 14.2 Å². The van der Waals surface area contributed by atoms with E-state index in [2.05, 4.69) is 24.1 Å². The Bertz CT molecular complexity index is 924. The second-order valence-electron chi connectivity index (χ2n) is 6.94. The molecule has 0 aromatic heterocycles. The van der Waals surface area contributed by atoms with Crippen LogP contribution in [0.4, 0.5) is 5.69 Å². The molecule has 1 aliphatic heterocycles. The minimum atomic E-state index is -0.672. The zero-order valence-corrected chi connectivity index (χ0v) is 18.3. The van der Waals surface area contributed by atoms with E-state index in [4.69, 9.17) is 18.9 Å². The number of hydrogen-bond donors (Lipinski definition) is 1. The summed E-state index contributed by atoms with van der Waals surface area (Å²) in [5, 5.41) is 3.16. The van der Waals surface area contributed by atoms with Crippen molar-refractivity contribution >= 4 is 17.6 Å².